The number of aliphatic imine (C=N–C) groups is 2. The number of fused-ring (bicyclic) bond motifs is 3. The fraction of sp³-hybridized carbons (Fsp3) is 0.542. The molecule has 2 aromatic rings. The van der Waals surface area contributed by atoms with Crippen LogP contribution < -0.4 is 10.5 Å². The van der Waals surface area contributed by atoms with Crippen LogP contribution in [0.25, 0.3) is 11.4 Å². The van der Waals surface area contributed by atoms with Crippen molar-refractivity contribution in [1.29, 1.82) is 0 Å². The maximum absolute atomic E-state index is 13.5. The Morgan fingerprint density at radius 2 is 1.94 bits per heavy atom. The fourth-order valence-electron chi connectivity index (χ4n) is 4.53. The van der Waals surface area contributed by atoms with E-state index in [2.05, 4.69) is 28.7 Å². The van der Waals surface area contributed by atoms with E-state index in [1.165, 1.54) is 6.34 Å². The normalized spacial score (nSPS) is 18.2. The van der Waals surface area contributed by atoms with Crippen molar-refractivity contribution in [1.82, 2.24) is 14.5 Å². The third-order valence-corrected chi connectivity index (χ3v) is 8.60. The van der Waals surface area contributed by atoms with Crippen LogP contribution >= 0.6 is 0 Å². The molecule has 0 aliphatic carbocycles. The van der Waals surface area contributed by atoms with Crippen LogP contribution in [0.1, 0.15) is 46.2 Å². The van der Waals surface area contributed by atoms with Gasteiger partial charge in [0.25, 0.3) is 0 Å². The molecule has 0 saturated carbocycles. The van der Waals surface area contributed by atoms with Gasteiger partial charge >= 0.3 is 0 Å². The highest BCUT2D eigenvalue weighted by atomic mass is 32.2. The molecule has 34 heavy (non-hydrogen) atoms. The van der Waals surface area contributed by atoms with Gasteiger partial charge in [0.2, 0.25) is 0 Å². The molecule has 1 fully saturated rings. The van der Waals surface area contributed by atoms with E-state index in [4.69, 9.17) is 15.5 Å². The quantitative estimate of drug-likeness (QED) is 0.513. The Balaban J connectivity index is 1.71. The zero-order chi connectivity index (χ0) is 24.5. The predicted molar refractivity (Wildman–Crippen MR) is 134 cm³/mol. The number of amidine groups is 1. The summed E-state index contributed by atoms with van der Waals surface area (Å²) in [6, 6.07) is 5.56. The maximum atomic E-state index is 13.5. The second-order valence-corrected chi connectivity index (χ2v) is 11.6. The Bertz CT molecular complexity index is 1190. The summed E-state index contributed by atoms with van der Waals surface area (Å²) in [5, 5.41) is -0.383. The number of nitrogens with two attached hydrogens (primary N) is 1. The minimum absolute atomic E-state index is 0.0229. The smallest absolute Gasteiger partial charge is 0.181 e. The number of rotatable bonds is 5. The van der Waals surface area contributed by atoms with E-state index in [0.717, 1.165) is 13.1 Å². The van der Waals surface area contributed by atoms with Gasteiger partial charge in [-0.1, -0.05) is 0 Å². The summed E-state index contributed by atoms with van der Waals surface area (Å²) >= 11 is 0. The Morgan fingerprint density at radius 1 is 1.21 bits per heavy atom. The average Bonchev–Trinajstić information content (AvgIpc) is 3.15. The molecule has 1 aromatic heterocycles. The molecule has 1 aromatic carbocycles. The zero-order valence-corrected chi connectivity index (χ0v) is 21.1. The van der Waals surface area contributed by atoms with E-state index in [-0.39, 0.29) is 11.3 Å². The van der Waals surface area contributed by atoms with Crippen molar-refractivity contribution in [3.8, 4) is 17.1 Å². The van der Waals surface area contributed by atoms with E-state index in [0.29, 0.717) is 65.6 Å². The van der Waals surface area contributed by atoms with Crippen LogP contribution in [0.3, 0.4) is 0 Å². The van der Waals surface area contributed by atoms with Gasteiger partial charge in [0.1, 0.15) is 23.9 Å². The lowest BCUT2D eigenvalue weighted by molar-refractivity contribution is 0.186. The fourth-order valence-corrected chi connectivity index (χ4v) is 6.28. The van der Waals surface area contributed by atoms with Gasteiger partial charge in [0, 0.05) is 18.3 Å². The van der Waals surface area contributed by atoms with E-state index in [9.17, 15) is 8.42 Å². The lowest BCUT2D eigenvalue weighted by Crippen LogP contribution is -2.42. The minimum atomic E-state index is -3.48. The van der Waals surface area contributed by atoms with Crippen molar-refractivity contribution in [2.75, 3.05) is 19.7 Å². The molecule has 10 heteroatoms. The van der Waals surface area contributed by atoms with E-state index in [1.54, 1.807) is 18.2 Å². The van der Waals surface area contributed by atoms with Gasteiger partial charge in [-0.3, -0.25) is 4.99 Å². The third-order valence-electron chi connectivity index (χ3n) is 6.34. The first kappa shape index (κ1) is 24.4. The van der Waals surface area contributed by atoms with Crippen LogP contribution in [-0.4, -0.2) is 72.1 Å². The summed E-state index contributed by atoms with van der Waals surface area (Å²) in [5.41, 5.74) is 6.78. The van der Waals surface area contributed by atoms with Crippen molar-refractivity contribution in [2.45, 2.75) is 69.3 Å². The van der Waals surface area contributed by atoms with Crippen LogP contribution in [0, 0.1) is 0 Å². The monoisotopic (exact) mass is 486 g/mol. The summed E-state index contributed by atoms with van der Waals surface area (Å²) < 4.78 is 34.9. The molecule has 0 amide bonds. The second-order valence-electron chi connectivity index (χ2n) is 9.35. The van der Waals surface area contributed by atoms with Crippen LogP contribution in [-0.2, 0) is 16.4 Å². The number of likely N-dealkylation sites (tertiary alicyclic amines) is 1. The summed E-state index contributed by atoms with van der Waals surface area (Å²) in [7, 11) is -3.48. The molecule has 0 unspecified atom stereocenters. The number of ether oxygens (including phenoxy) is 1. The second kappa shape index (κ2) is 9.87. The number of hydrogen-bond acceptors (Lipinski definition) is 6. The topological polar surface area (TPSA) is 115 Å². The van der Waals surface area contributed by atoms with Gasteiger partial charge < -0.3 is 19.9 Å². The summed E-state index contributed by atoms with van der Waals surface area (Å²) in [5.74, 6) is 1.70. The van der Waals surface area contributed by atoms with Crippen LogP contribution in [0.2, 0.25) is 0 Å². The third kappa shape index (κ3) is 4.88. The molecule has 3 heterocycles. The zero-order valence-electron chi connectivity index (χ0n) is 20.3. The van der Waals surface area contributed by atoms with E-state index >= 15 is 0 Å². The molecule has 0 bridgehead atoms. The molecule has 0 atom stereocenters. The van der Waals surface area contributed by atoms with Gasteiger partial charge in [-0.05, 0) is 71.8 Å². The Kier molecular flexibility index (Phi) is 7.09. The molecular formula is C24H34N6O3S. The number of imidazole rings is 1. The number of nitrogens with zero attached hydrogens (tertiary/aromatic N) is 5. The number of hydrogen-bond donors (Lipinski definition) is 1. The summed E-state index contributed by atoms with van der Waals surface area (Å²) in [6.07, 6.45) is 4.35. The summed E-state index contributed by atoms with van der Waals surface area (Å²) in [4.78, 5) is 16.1. The van der Waals surface area contributed by atoms with Crippen molar-refractivity contribution in [3.63, 3.8) is 0 Å². The predicted octanol–water partition coefficient (Wildman–Crippen LogP) is 2.73. The van der Waals surface area contributed by atoms with Gasteiger partial charge in [-0.15, -0.1) is 0 Å². The van der Waals surface area contributed by atoms with E-state index < -0.39 is 9.84 Å². The molecule has 2 aliphatic heterocycles. The number of aromatic nitrogens is 2. The lowest BCUT2D eigenvalue weighted by atomic mass is 10.1. The molecule has 0 spiro atoms. The van der Waals surface area contributed by atoms with Crippen molar-refractivity contribution in [2.24, 2.45) is 15.7 Å². The van der Waals surface area contributed by atoms with Gasteiger partial charge in [-0.2, -0.15) is 0 Å². The largest absolute Gasteiger partial charge is 0.491 e. The molecule has 184 valence electrons. The Labute approximate surface area is 201 Å². The first-order valence-electron chi connectivity index (χ1n) is 11.9. The average molecular weight is 487 g/mol. The molecule has 4 rings (SSSR count). The first-order chi connectivity index (χ1) is 16.2. The molecule has 9 nitrogen and oxygen atoms in total. The van der Waals surface area contributed by atoms with Crippen molar-refractivity contribution < 1.29 is 13.2 Å². The highest BCUT2D eigenvalue weighted by molar-refractivity contribution is 7.92. The van der Waals surface area contributed by atoms with Gasteiger partial charge in [-0.25, -0.2) is 18.4 Å². The van der Waals surface area contributed by atoms with Crippen LogP contribution in [0.15, 0.2) is 39.3 Å². The maximum Gasteiger partial charge on any atom is 0.181 e. The van der Waals surface area contributed by atoms with E-state index in [1.807, 2.05) is 24.6 Å². The van der Waals surface area contributed by atoms with Gasteiger partial charge in [0.15, 0.2) is 15.7 Å². The minimum Gasteiger partial charge on any atom is -0.491 e. The highest BCUT2D eigenvalue weighted by Crippen LogP contribution is 2.36. The first-order valence-corrected chi connectivity index (χ1v) is 13.4. The molecular weight excluding hydrogens is 452 g/mol. The SMILES string of the molecule is CC(C)N=C(N=CN)c1cn2c(n1)-c1cc(S(=O)(=O)C3CCN(C(C)C)CC3)ccc1OCC2. The molecule has 0 radical (unpaired) electrons. The molecule has 2 N–H and O–H groups in total. The molecule has 1 saturated heterocycles. The van der Waals surface area contributed by atoms with Gasteiger partial charge in [0.05, 0.1) is 28.6 Å². The lowest BCUT2D eigenvalue weighted by Gasteiger charge is -2.34. The number of benzene rings is 1. The number of piperidine rings is 1. The number of sulfone groups is 1. The Hall–Kier alpha value is -2.72. The standard InChI is InChI=1S/C24H34N6O3S/c1-16(2)27-23(26-15-25)21-14-30-11-12-33-22-6-5-19(13-20(22)24(30)28-21)34(31,32)18-7-9-29(10-8-18)17(3)4/h5-6,13-18H,7-12H2,1-4H3,(H2,25,26,27). The van der Waals surface area contributed by atoms with Crippen LogP contribution in [0.5, 0.6) is 5.75 Å². The molecule has 2 aliphatic rings. The highest BCUT2D eigenvalue weighted by Gasteiger charge is 2.33. The van der Waals surface area contributed by atoms with Crippen LogP contribution in [0.4, 0.5) is 0 Å². The summed E-state index contributed by atoms with van der Waals surface area (Å²) in [6.45, 7) is 10.8. The van der Waals surface area contributed by atoms with Crippen molar-refractivity contribution in [3.05, 3.63) is 30.1 Å². The van der Waals surface area contributed by atoms with Crippen molar-refractivity contribution >= 4 is 22.0 Å². The Morgan fingerprint density at radius 3 is 2.59 bits per heavy atom.